The van der Waals surface area contributed by atoms with E-state index in [2.05, 4.69) is 4.98 Å². The minimum atomic E-state index is -0.667. The van der Waals surface area contributed by atoms with Gasteiger partial charge in [0.2, 0.25) is 0 Å². The van der Waals surface area contributed by atoms with Crippen LogP contribution in [0.15, 0.2) is 73.1 Å². The number of nitrogens with zero attached hydrogens (tertiary/aromatic N) is 1. The van der Waals surface area contributed by atoms with E-state index in [1.807, 2.05) is 24.3 Å². The number of hydrogen-bond acceptors (Lipinski definition) is 5. The van der Waals surface area contributed by atoms with Crippen LogP contribution in [0.2, 0.25) is 0 Å². The molecule has 30 heavy (non-hydrogen) atoms. The number of carbonyl (C=O) groups is 2. The molecule has 0 spiro atoms. The summed E-state index contributed by atoms with van der Waals surface area (Å²) in [6, 6.07) is 16.7. The lowest BCUT2D eigenvalue weighted by molar-refractivity contribution is -0.149. The van der Waals surface area contributed by atoms with E-state index >= 15 is 0 Å². The molecule has 0 aliphatic heterocycles. The first-order chi connectivity index (χ1) is 14.5. The molecule has 1 aromatic heterocycles. The van der Waals surface area contributed by atoms with Crippen LogP contribution in [0.4, 0.5) is 4.39 Å². The van der Waals surface area contributed by atoms with Crippen LogP contribution in [0.3, 0.4) is 0 Å². The highest BCUT2D eigenvalue weighted by atomic mass is 19.1. The van der Waals surface area contributed by atoms with Crippen molar-refractivity contribution in [1.82, 2.24) is 4.98 Å². The number of pyridine rings is 1. The summed E-state index contributed by atoms with van der Waals surface area (Å²) in [6.45, 7) is 2.11. The van der Waals surface area contributed by atoms with Crippen molar-refractivity contribution >= 4 is 11.8 Å². The van der Waals surface area contributed by atoms with E-state index in [1.165, 1.54) is 18.2 Å². The van der Waals surface area contributed by atoms with Gasteiger partial charge in [0.15, 0.2) is 5.78 Å². The van der Waals surface area contributed by atoms with Gasteiger partial charge >= 0.3 is 5.97 Å². The van der Waals surface area contributed by atoms with Gasteiger partial charge in [0.05, 0.1) is 11.5 Å². The van der Waals surface area contributed by atoms with Gasteiger partial charge < -0.3 is 9.47 Å². The van der Waals surface area contributed by atoms with Crippen molar-refractivity contribution in [1.29, 1.82) is 0 Å². The SMILES string of the molecule is CC(CC(=O)c1ccccc1F)C(=O)OCc1ccc(OCc2ccncc2)cc1. The highest BCUT2D eigenvalue weighted by Crippen LogP contribution is 2.17. The van der Waals surface area contributed by atoms with Crippen molar-refractivity contribution in [2.24, 2.45) is 5.92 Å². The topological polar surface area (TPSA) is 65.5 Å². The van der Waals surface area contributed by atoms with Crippen LogP contribution in [-0.2, 0) is 22.7 Å². The molecule has 0 saturated carbocycles. The summed E-state index contributed by atoms with van der Waals surface area (Å²) in [4.78, 5) is 28.3. The van der Waals surface area contributed by atoms with Crippen LogP contribution >= 0.6 is 0 Å². The van der Waals surface area contributed by atoms with Gasteiger partial charge in [-0.1, -0.05) is 31.2 Å². The number of rotatable bonds is 9. The maximum Gasteiger partial charge on any atom is 0.309 e. The Kier molecular flexibility index (Phi) is 7.27. The first-order valence-electron chi connectivity index (χ1n) is 9.58. The maximum atomic E-state index is 13.7. The molecule has 154 valence electrons. The van der Waals surface area contributed by atoms with Gasteiger partial charge in [-0.2, -0.15) is 0 Å². The molecule has 6 heteroatoms. The predicted octanol–water partition coefficient (Wildman–Crippen LogP) is 4.75. The molecule has 0 saturated heterocycles. The lowest BCUT2D eigenvalue weighted by atomic mass is 9.99. The van der Waals surface area contributed by atoms with Crippen LogP contribution in [0.1, 0.15) is 34.8 Å². The summed E-state index contributed by atoms with van der Waals surface area (Å²) in [5.74, 6) is -1.48. The molecular formula is C24H22FNO4. The number of ether oxygens (including phenoxy) is 2. The van der Waals surface area contributed by atoms with Gasteiger partial charge in [-0.15, -0.1) is 0 Å². The van der Waals surface area contributed by atoms with Crippen molar-refractivity contribution < 1.29 is 23.5 Å². The molecule has 0 N–H and O–H groups in total. The molecule has 0 radical (unpaired) electrons. The Balaban J connectivity index is 1.45. The van der Waals surface area contributed by atoms with E-state index in [0.29, 0.717) is 12.4 Å². The van der Waals surface area contributed by atoms with Gasteiger partial charge in [-0.25, -0.2) is 4.39 Å². The average molecular weight is 407 g/mol. The number of ketones is 1. The van der Waals surface area contributed by atoms with Crippen molar-refractivity contribution in [3.8, 4) is 5.75 Å². The molecule has 0 fully saturated rings. The number of benzene rings is 2. The number of halogens is 1. The summed E-state index contributed by atoms with van der Waals surface area (Å²) in [7, 11) is 0. The average Bonchev–Trinajstić information content (AvgIpc) is 2.77. The van der Waals surface area contributed by atoms with Crippen LogP contribution < -0.4 is 4.74 Å². The Bertz CT molecular complexity index is 990. The zero-order valence-electron chi connectivity index (χ0n) is 16.6. The van der Waals surface area contributed by atoms with Crippen molar-refractivity contribution in [3.05, 3.63) is 95.6 Å². The Morgan fingerprint density at radius 2 is 1.60 bits per heavy atom. The fourth-order valence-electron chi connectivity index (χ4n) is 2.78. The number of hydrogen-bond donors (Lipinski definition) is 0. The quantitative estimate of drug-likeness (QED) is 0.378. The van der Waals surface area contributed by atoms with Gasteiger partial charge in [0.25, 0.3) is 0 Å². The maximum absolute atomic E-state index is 13.7. The van der Waals surface area contributed by atoms with Crippen molar-refractivity contribution in [2.75, 3.05) is 0 Å². The standard InChI is InChI=1S/C24H22FNO4/c1-17(14-23(27)21-4-2-3-5-22(21)25)24(28)30-16-18-6-8-20(9-7-18)29-15-19-10-12-26-13-11-19/h2-13,17H,14-16H2,1H3. The normalized spacial score (nSPS) is 11.5. The second kappa shape index (κ2) is 10.3. The largest absolute Gasteiger partial charge is 0.489 e. The van der Waals surface area contributed by atoms with Crippen LogP contribution in [0, 0.1) is 11.7 Å². The highest BCUT2D eigenvalue weighted by Gasteiger charge is 2.21. The molecular weight excluding hydrogens is 385 g/mol. The second-order valence-corrected chi connectivity index (χ2v) is 6.90. The van der Waals surface area contributed by atoms with E-state index in [9.17, 15) is 14.0 Å². The lowest BCUT2D eigenvalue weighted by Crippen LogP contribution is -2.19. The zero-order chi connectivity index (χ0) is 21.3. The van der Waals surface area contributed by atoms with Crippen LogP contribution in [0.25, 0.3) is 0 Å². The second-order valence-electron chi connectivity index (χ2n) is 6.90. The van der Waals surface area contributed by atoms with Crippen LogP contribution in [-0.4, -0.2) is 16.7 Å². The van der Waals surface area contributed by atoms with Crippen LogP contribution in [0.5, 0.6) is 5.75 Å². The molecule has 1 unspecified atom stereocenters. The highest BCUT2D eigenvalue weighted by molar-refractivity contribution is 5.98. The Morgan fingerprint density at radius 3 is 2.30 bits per heavy atom. The predicted molar refractivity (Wildman–Crippen MR) is 109 cm³/mol. The first-order valence-corrected chi connectivity index (χ1v) is 9.58. The molecule has 3 aromatic rings. The fraction of sp³-hybridized carbons (Fsp3) is 0.208. The third-order valence-corrected chi connectivity index (χ3v) is 4.53. The minimum absolute atomic E-state index is 0.0143. The summed E-state index contributed by atoms with van der Waals surface area (Å²) in [5, 5.41) is 0. The van der Waals surface area contributed by atoms with E-state index in [4.69, 9.17) is 9.47 Å². The minimum Gasteiger partial charge on any atom is -0.489 e. The van der Waals surface area contributed by atoms with Gasteiger partial charge in [-0.05, 0) is 47.5 Å². The molecule has 0 aliphatic rings. The first kappa shape index (κ1) is 21.2. The monoisotopic (exact) mass is 407 g/mol. The van der Waals surface area contributed by atoms with Gasteiger partial charge in [0, 0.05) is 18.8 Å². The van der Waals surface area contributed by atoms with E-state index < -0.39 is 23.5 Å². The lowest BCUT2D eigenvalue weighted by Gasteiger charge is -2.12. The van der Waals surface area contributed by atoms with Gasteiger partial charge in [-0.3, -0.25) is 14.6 Å². The third kappa shape index (κ3) is 5.98. The molecule has 0 aliphatic carbocycles. The Hall–Kier alpha value is -3.54. The number of Topliss-reactive ketones (excluding diaryl/α,β-unsaturated/α-hetero) is 1. The van der Waals surface area contributed by atoms with E-state index in [-0.39, 0.29) is 18.6 Å². The third-order valence-electron chi connectivity index (χ3n) is 4.53. The fourth-order valence-corrected chi connectivity index (χ4v) is 2.78. The molecule has 0 amide bonds. The number of carbonyl (C=O) groups excluding carboxylic acids is 2. The Labute approximate surface area is 174 Å². The smallest absolute Gasteiger partial charge is 0.309 e. The molecule has 2 aromatic carbocycles. The molecule has 1 atom stereocenters. The van der Waals surface area contributed by atoms with Crippen molar-refractivity contribution in [3.63, 3.8) is 0 Å². The summed E-state index contributed by atoms with van der Waals surface area (Å²) in [6.07, 6.45) is 3.31. The Morgan fingerprint density at radius 1 is 0.933 bits per heavy atom. The summed E-state index contributed by atoms with van der Waals surface area (Å²) < 4.78 is 24.7. The molecule has 5 nitrogen and oxygen atoms in total. The molecule has 0 bridgehead atoms. The molecule has 1 heterocycles. The van der Waals surface area contributed by atoms with E-state index in [0.717, 1.165) is 11.1 Å². The zero-order valence-corrected chi connectivity index (χ0v) is 16.6. The molecule has 3 rings (SSSR count). The van der Waals surface area contributed by atoms with Gasteiger partial charge in [0.1, 0.15) is 24.8 Å². The van der Waals surface area contributed by atoms with Crippen molar-refractivity contribution in [2.45, 2.75) is 26.6 Å². The van der Waals surface area contributed by atoms with E-state index in [1.54, 1.807) is 37.5 Å². The number of esters is 1. The summed E-state index contributed by atoms with van der Waals surface area (Å²) in [5.41, 5.74) is 1.80. The number of aromatic nitrogens is 1. The summed E-state index contributed by atoms with van der Waals surface area (Å²) >= 11 is 0.